The van der Waals surface area contributed by atoms with Gasteiger partial charge in [0.15, 0.2) is 5.13 Å². The Morgan fingerprint density at radius 1 is 1.06 bits per heavy atom. The van der Waals surface area contributed by atoms with Gasteiger partial charge in [-0.15, -0.1) is 0 Å². The Hall–Kier alpha value is -3.66. The lowest BCUT2D eigenvalue weighted by Crippen LogP contribution is -2.30. The van der Waals surface area contributed by atoms with Crippen molar-refractivity contribution in [2.75, 3.05) is 11.9 Å². The van der Waals surface area contributed by atoms with Crippen molar-refractivity contribution in [2.45, 2.75) is 25.7 Å². The van der Waals surface area contributed by atoms with Crippen molar-refractivity contribution in [3.63, 3.8) is 0 Å². The van der Waals surface area contributed by atoms with Gasteiger partial charge in [-0.25, -0.2) is 4.98 Å². The number of rotatable bonds is 8. The fourth-order valence-electron chi connectivity index (χ4n) is 3.44. The number of carbonyl (C=O) groups excluding carboxylic acids is 3. The van der Waals surface area contributed by atoms with Gasteiger partial charge in [-0.2, -0.15) is 0 Å². The molecule has 2 aromatic carbocycles. The number of hydrogen-bond donors (Lipinski definition) is 1. The molecule has 31 heavy (non-hydrogen) atoms. The second kappa shape index (κ2) is 8.60. The van der Waals surface area contributed by atoms with Crippen LogP contribution < -0.4 is 5.32 Å². The zero-order valence-electron chi connectivity index (χ0n) is 16.4. The van der Waals surface area contributed by atoms with Gasteiger partial charge in [0, 0.05) is 25.1 Å². The highest BCUT2D eigenvalue weighted by atomic mass is 32.1. The lowest BCUT2D eigenvalue weighted by atomic mass is 10.1. The molecule has 1 aromatic heterocycles. The van der Waals surface area contributed by atoms with E-state index in [1.165, 1.54) is 28.4 Å². The van der Waals surface area contributed by atoms with Crippen LogP contribution in [0, 0.1) is 10.1 Å². The Kier molecular flexibility index (Phi) is 5.72. The molecule has 1 aliphatic heterocycles. The van der Waals surface area contributed by atoms with E-state index in [9.17, 15) is 24.5 Å². The number of hydrogen-bond acceptors (Lipinski definition) is 7. The number of anilines is 1. The molecule has 0 atom stereocenters. The zero-order valence-corrected chi connectivity index (χ0v) is 17.2. The summed E-state index contributed by atoms with van der Waals surface area (Å²) >= 11 is 1.18. The largest absolute Gasteiger partial charge is 0.302 e. The van der Waals surface area contributed by atoms with E-state index in [1.54, 1.807) is 30.3 Å². The van der Waals surface area contributed by atoms with Crippen molar-refractivity contribution in [2.24, 2.45) is 0 Å². The van der Waals surface area contributed by atoms with Crippen LogP contribution in [-0.2, 0) is 4.79 Å². The van der Waals surface area contributed by atoms with E-state index in [2.05, 4.69) is 10.3 Å². The molecule has 2 heterocycles. The molecule has 3 amide bonds. The molecule has 0 bridgehead atoms. The highest BCUT2D eigenvalue weighted by Crippen LogP contribution is 2.29. The van der Waals surface area contributed by atoms with Gasteiger partial charge in [0.2, 0.25) is 5.91 Å². The van der Waals surface area contributed by atoms with Crippen LogP contribution in [0.5, 0.6) is 0 Å². The Labute approximate surface area is 180 Å². The Balaban J connectivity index is 1.22. The Bertz CT molecular complexity index is 1170. The third-order valence-corrected chi connectivity index (χ3v) is 5.93. The van der Waals surface area contributed by atoms with Gasteiger partial charge in [-0.1, -0.05) is 29.9 Å². The summed E-state index contributed by atoms with van der Waals surface area (Å²) in [5, 5.41) is 14.0. The first kappa shape index (κ1) is 20.6. The van der Waals surface area contributed by atoms with Crippen molar-refractivity contribution in [3.8, 4) is 0 Å². The number of non-ortho nitro benzene ring substituents is 1. The summed E-state index contributed by atoms with van der Waals surface area (Å²) in [6.07, 6.45) is 2.18. The quantitative estimate of drug-likeness (QED) is 0.245. The summed E-state index contributed by atoms with van der Waals surface area (Å²) in [6, 6.07) is 11.1. The number of thiazole rings is 1. The predicted molar refractivity (Wildman–Crippen MR) is 115 cm³/mol. The maximum atomic E-state index is 12.3. The number of benzene rings is 2. The fraction of sp³-hybridized carbons (Fsp3) is 0.238. The standard InChI is InChI=1S/C21H18N4O5S/c26-18(23-21-22-16-10-9-13(25(29)30)12-17(16)31-21)8-2-1-5-11-24-19(27)14-6-3-4-7-15(14)20(24)28/h3-4,6-7,9-10,12H,1-2,5,8,11H2,(H,22,23,26). The molecule has 0 saturated heterocycles. The average Bonchev–Trinajstić information content (AvgIpc) is 3.26. The molecule has 0 unspecified atom stereocenters. The molecule has 0 fully saturated rings. The number of imide groups is 1. The summed E-state index contributed by atoms with van der Waals surface area (Å²) in [7, 11) is 0. The van der Waals surface area contributed by atoms with Crippen LogP contribution in [0.15, 0.2) is 42.5 Å². The van der Waals surface area contributed by atoms with Crippen molar-refractivity contribution >= 4 is 50.1 Å². The van der Waals surface area contributed by atoms with Crippen molar-refractivity contribution in [1.82, 2.24) is 9.88 Å². The Morgan fingerprint density at radius 3 is 2.45 bits per heavy atom. The number of unbranched alkanes of at least 4 members (excludes halogenated alkanes) is 2. The lowest BCUT2D eigenvalue weighted by molar-refractivity contribution is -0.384. The van der Waals surface area contributed by atoms with Gasteiger partial charge in [0.25, 0.3) is 17.5 Å². The van der Waals surface area contributed by atoms with E-state index in [0.29, 0.717) is 52.3 Å². The van der Waals surface area contributed by atoms with E-state index in [0.717, 1.165) is 0 Å². The van der Waals surface area contributed by atoms with Gasteiger partial charge in [0.1, 0.15) is 0 Å². The molecule has 1 N–H and O–H groups in total. The number of carbonyl (C=O) groups is 3. The van der Waals surface area contributed by atoms with Crippen molar-refractivity contribution in [1.29, 1.82) is 0 Å². The average molecular weight is 438 g/mol. The highest BCUT2D eigenvalue weighted by molar-refractivity contribution is 7.22. The Morgan fingerprint density at radius 2 is 1.77 bits per heavy atom. The molecular formula is C21H18N4O5S. The van der Waals surface area contributed by atoms with Crippen LogP contribution in [0.4, 0.5) is 10.8 Å². The van der Waals surface area contributed by atoms with Crippen LogP contribution in [0.2, 0.25) is 0 Å². The number of nitro groups is 1. The summed E-state index contributed by atoms with van der Waals surface area (Å²) in [5.41, 5.74) is 1.44. The number of amides is 3. The molecule has 0 aliphatic carbocycles. The number of nitrogens with one attached hydrogen (secondary N) is 1. The lowest BCUT2D eigenvalue weighted by Gasteiger charge is -2.13. The van der Waals surface area contributed by atoms with Crippen molar-refractivity contribution < 1.29 is 19.3 Å². The van der Waals surface area contributed by atoms with Crippen LogP contribution in [-0.4, -0.2) is 39.1 Å². The zero-order chi connectivity index (χ0) is 22.0. The van der Waals surface area contributed by atoms with Crippen LogP contribution in [0.3, 0.4) is 0 Å². The van der Waals surface area contributed by atoms with Gasteiger partial charge in [0.05, 0.1) is 26.3 Å². The summed E-state index contributed by atoms with van der Waals surface area (Å²) < 4.78 is 0.630. The molecule has 0 radical (unpaired) electrons. The third-order valence-electron chi connectivity index (χ3n) is 4.99. The molecule has 3 aromatic rings. The predicted octanol–water partition coefficient (Wildman–Crippen LogP) is 4.00. The van der Waals surface area contributed by atoms with Crippen LogP contribution in [0.1, 0.15) is 46.4 Å². The summed E-state index contributed by atoms with van der Waals surface area (Å²) in [6.45, 7) is 0.324. The minimum atomic E-state index is -0.473. The van der Waals surface area contributed by atoms with Crippen LogP contribution >= 0.6 is 11.3 Å². The molecule has 4 rings (SSSR count). The molecule has 10 heteroatoms. The molecule has 158 valence electrons. The minimum absolute atomic E-state index is 0.0212. The minimum Gasteiger partial charge on any atom is -0.302 e. The van der Waals surface area contributed by atoms with Crippen molar-refractivity contribution in [3.05, 3.63) is 63.7 Å². The first-order chi connectivity index (χ1) is 14.9. The maximum Gasteiger partial charge on any atom is 0.270 e. The smallest absolute Gasteiger partial charge is 0.270 e. The van der Waals surface area contributed by atoms with Gasteiger partial charge in [-0.05, 0) is 31.0 Å². The van der Waals surface area contributed by atoms with E-state index < -0.39 is 4.92 Å². The first-order valence-corrected chi connectivity index (χ1v) is 10.6. The highest BCUT2D eigenvalue weighted by Gasteiger charge is 2.34. The molecular weight excluding hydrogens is 420 g/mol. The topological polar surface area (TPSA) is 123 Å². The molecule has 9 nitrogen and oxygen atoms in total. The number of fused-ring (bicyclic) bond motifs is 2. The first-order valence-electron chi connectivity index (χ1n) is 9.74. The van der Waals surface area contributed by atoms with E-state index in [-0.39, 0.29) is 29.8 Å². The van der Waals surface area contributed by atoms with E-state index >= 15 is 0 Å². The fourth-order valence-corrected chi connectivity index (χ4v) is 4.35. The number of aromatic nitrogens is 1. The maximum absolute atomic E-state index is 12.3. The van der Waals surface area contributed by atoms with Crippen LogP contribution in [0.25, 0.3) is 10.2 Å². The molecule has 0 saturated carbocycles. The molecule has 1 aliphatic rings. The summed E-state index contributed by atoms with van der Waals surface area (Å²) in [4.78, 5) is 52.7. The summed E-state index contributed by atoms with van der Waals surface area (Å²) in [5.74, 6) is -0.738. The van der Waals surface area contributed by atoms with E-state index in [1.807, 2.05) is 0 Å². The SMILES string of the molecule is O=C(CCCCCN1C(=O)c2ccccc2C1=O)Nc1nc2ccc([N+](=O)[O-])cc2s1. The van der Waals surface area contributed by atoms with Gasteiger partial charge >= 0.3 is 0 Å². The normalized spacial score (nSPS) is 13.0. The number of nitrogens with zero attached hydrogens (tertiary/aromatic N) is 3. The second-order valence-electron chi connectivity index (χ2n) is 7.09. The second-order valence-corrected chi connectivity index (χ2v) is 8.13. The molecule has 0 spiro atoms. The third kappa shape index (κ3) is 4.29. The number of nitro benzene ring substituents is 1. The monoisotopic (exact) mass is 438 g/mol. The van der Waals surface area contributed by atoms with Gasteiger partial charge < -0.3 is 5.32 Å². The van der Waals surface area contributed by atoms with Gasteiger partial charge in [-0.3, -0.25) is 29.4 Å². The van der Waals surface area contributed by atoms with E-state index in [4.69, 9.17) is 0 Å².